The fourth-order valence-corrected chi connectivity index (χ4v) is 2.92. The average Bonchev–Trinajstić information content (AvgIpc) is 3.02. The van der Waals surface area contributed by atoms with Crippen LogP contribution in [0.2, 0.25) is 0 Å². The summed E-state index contributed by atoms with van der Waals surface area (Å²) in [4.78, 5) is 14.2. The molecule has 3 atom stereocenters. The molecule has 1 amide bonds. The van der Waals surface area contributed by atoms with Gasteiger partial charge in [-0.2, -0.15) is 0 Å². The van der Waals surface area contributed by atoms with E-state index in [1.54, 1.807) is 0 Å². The molecule has 6 nitrogen and oxygen atoms in total. The molecule has 0 aliphatic carbocycles. The Morgan fingerprint density at radius 1 is 1.11 bits per heavy atom. The van der Waals surface area contributed by atoms with Crippen LogP contribution in [-0.4, -0.2) is 75.1 Å². The summed E-state index contributed by atoms with van der Waals surface area (Å²) in [5.74, 6) is 0.0819. The van der Waals surface area contributed by atoms with Gasteiger partial charge in [-0.15, -0.1) is 0 Å². The normalized spacial score (nSPS) is 36.4. The van der Waals surface area contributed by atoms with E-state index in [2.05, 4.69) is 5.32 Å². The van der Waals surface area contributed by atoms with Crippen LogP contribution in [0.5, 0.6) is 0 Å². The molecule has 0 spiro atoms. The lowest BCUT2D eigenvalue weighted by Gasteiger charge is -2.37. The SMILES string of the molecule is O=C([C@@H]1CNCCO1)N1CCO[C@H]([C@@H]2CCCO2)C1. The molecule has 3 fully saturated rings. The Morgan fingerprint density at radius 3 is 2.74 bits per heavy atom. The lowest BCUT2D eigenvalue weighted by molar-refractivity contribution is -0.157. The maximum atomic E-state index is 12.4. The third kappa shape index (κ3) is 3.08. The lowest BCUT2D eigenvalue weighted by Crippen LogP contribution is -2.55. The molecule has 0 aromatic rings. The summed E-state index contributed by atoms with van der Waals surface area (Å²) in [6, 6.07) is 0. The average molecular weight is 270 g/mol. The number of rotatable bonds is 2. The van der Waals surface area contributed by atoms with Crippen molar-refractivity contribution in [3.8, 4) is 0 Å². The van der Waals surface area contributed by atoms with Crippen molar-refractivity contribution in [2.24, 2.45) is 0 Å². The minimum absolute atomic E-state index is 0.0248. The zero-order valence-electron chi connectivity index (χ0n) is 11.2. The number of morpholine rings is 2. The smallest absolute Gasteiger partial charge is 0.253 e. The molecule has 0 radical (unpaired) electrons. The summed E-state index contributed by atoms with van der Waals surface area (Å²) in [5, 5.41) is 3.19. The highest BCUT2D eigenvalue weighted by molar-refractivity contribution is 5.81. The number of amides is 1. The minimum atomic E-state index is -0.336. The van der Waals surface area contributed by atoms with Crippen molar-refractivity contribution in [2.45, 2.75) is 31.2 Å². The summed E-state index contributed by atoms with van der Waals surface area (Å²) in [6.07, 6.45) is 1.97. The molecule has 0 aromatic carbocycles. The van der Waals surface area contributed by atoms with E-state index < -0.39 is 0 Å². The van der Waals surface area contributed by atoms with Gasteiger partial charge in [-0.05, 0) is 12.8 Å². The molecule has 108 valence electrons. The van der Waals surface area contributed by atoms with E-state index in [4.69, 9.17) is 14.2 Å². The monoisotopic (exact) mass is 270 g/mol. The van der Waals surface area contributed by atoms with Crippen molar-refractivity contribution in [2.75, 3.05) is 46.0 Å². The van der Waals surface area contributed by atoms with Gasteiger partial charge >= 0.3 is 0 Å². The third-order valence-electron chi connectivity index (χ3n) is 3.99. The number of hydrogen-bond donors (Lipinski definition) is 1. The second kappa shape index (κ2) is 6.17. The van der Waals surface area contributed by atoms with Crippen LogP contribution in [0.1, 0.15) is 12.8 Å². The van der Waals surface area contributed by atoms with Gasteiger partial charge in [-0.1, -0.05) is 0 Å². The van der Waals surface area contributed by atoms with Crippen LogP contribution in [0.15, 0.2) is 0 Å². The van der Waals surface area contributed by atoms with E-state index in [1.807, 2.05) is 4.90 Å². The summed E-state index contributed by atoms with van der Waals surface area (Å²) in [6.45, 7) is 4.73. The maximum absolute atomic E-state index is 12.4. The Balaban J connectivity index is 1.56. The standard InChI is InChI=1S/C13H22N2O4/c16-13(11-8-14-3-6-18-11)15-4-7-19-12(9-15)10-2-1-5-17-10/h10-12,14H,1-9H2/t10-,11-,12-/m0/s1. The topological polar surface area (TPSA) is 60.0 Å². The van der Waals surface area contributed by atoms with Gasteiger partial charge in [0.1, 0.15) is 12.2 Å². The van der Waals surface area contributed by atoms with Crippen LogP contribution in [-0.2, 0) is 19.0 Å². The van der Waals surface area contributed by atoms with Gasteiger partial charge in [-0.3, -0.25) is 4.79 Å². The van der Waals surface area contributed by atoms with Gasteiger partial charge in [0, 0.05) is 32.8 Å². The number of carbonyl (C=O) groups is 1. The molecule has 3 aliphatic heterocycles. The van der Waals surface area contributed by atoms with Gasteiger partial charge < -0.3 is 24.4 Å². The molecule has 6 heteroatoms. The van der Waals surface area contributed by atoms with Gasteiger partial charge in [0.15, 0.2) is 0 Å². The highest BCUT2D eigenvalue weighted by Crippen LogP contribution is 2.21. The summed E-state index contributed by atoms with van der Waals surface area (Å²) in [5.41, 5.74) is 0. The Labute approximate surface area is 113 Å². The summed E-state index contributed by atoms with van der Waals surface area (Å²) >= 11 is 0. The highest BCUT2D eigenvalue weighted by atomic mass is 16.5. The molecular weight excluding hydrogens is 248 g/mol. The molecule has 0 saturated carbocycles. The van der Waals surface area contributed by atoms with E-state index in [9.17, 15) is 4.79 Å². The van der Waals surface area contributed by atoms with E-state index >= 15 is 0 Å². The summed E-state index contributed by atoms with van der Waals surface area (Å²) in [7, 11) is 0. The van der Waals surface area contributed by atoms with Gasteiger partial charge in [0.25, 0.3) is 5.91 Å². The van der Waals surface area contributed by atoms with E-state index in [0.29, 0.717) is 32.8 Å². The zero-order valence-corrected chi connectivity index (χ0v) is 11.2. The Bertz CT molecular complexity index is 314. The van der Waals surface area contributed by atoms with E-state index in [-0.39, 0.29) is 24.2 Å². The van der Waals surface area contributed by atoms with Crippen LogP contribution < -0.4 is 5.32 Å². The maximum Gasteiger partial charge on any atom is 0.253 e. The Kier molecular flexibility index (Phi) is 4.32. The van der Waals surface area contributed by atoms with Crippen LogP contribution >= 0.6 is 0 Å². The first kappa shape index (κ1) is 13.3. The Hall–Kier alpha value is -0.690. The predicted octanol–water partition coefficient (Wildman–Crippen LogP) is -0.619. The molecule has 3 aliphatic rings. The predicted molar refractivity (Wildman–Crippen MR) is 67.9 cm³/mol. The number of carbonyl (C=O) groups excluding carboxylic acids is 1. The quantitative estimate of drug-likeness (QED) is 0.725. The second-order valence-corrected chi connectivity index (χ2v) is 5.31. The van der Waals surface area contributed by atoms with E-state index in [1.165, 1.54) is 0 Å². The second-order valence-electron chi connectivity index (χ2n) is 5.31. The largest absolute Gasteiger partial charge is 0.375 e. The first-order chi connectivity index (χ1) is 9.34. The van der Waals surface area contributed by atoms with Crippen molar-refractivity contribution >= 4 is 5.91 Å². The molecule has 0 unspecified atom stereocenters. The number of ether oxygens (including phenoxy) is 3. The number of hydrogen-bond acceptors (Lipinski definition) is 5. The van der Waals surface area contributed by atoms with Crippen LogP contribution in [0.4, 0.5) is 0 Å². The first-order valence-electron chi connectivity index (χ1n) is 7.19. The van der Waals surface area contributed by atoms with Crippen molar-refractivity contribution in [3.05, 3.63) is 0 Å². The number of nitrogens with zero attached hydrogens (tertiary/aromatic N) is 1. The molecule has 3 rings (SSSR count). The Morgan fingerprint density at radius 2 is 2.00 bits per heavy atom. The zero-order chi connectivity index (χ0) is 13.1. The molecule has 0 bridgehead atoms. The molecule has 3 saturated heterocycles. The van der Waals surface area contributed by atoms with Crippen LogP contribution in [0.3, 0.4) is 0 Å². The minimum Gasteiger partial charge on any atom is -0.375 e. The fraction of sp³-hybridized carbons (Fsp3) is 0.923. The van der Waals surface area contributed by atoms with Crippen LogP contribution in [0.25, 0.3) is 0 Å². The van der Waals surface area contributed by atoms with Gasteiger partial charge in [-0.25, -0.2) is 0 Å². The van der Waals surface area contributed by atoms with Gasteiger partial charge in [0.05, 0.1) is 19.3 Å². The molecule has 1 N–H and O–H groups in total. The first-order valence-corrected chi connectivity index (χ1v) is 7.19. The van der Waals surface area contributed by atoms with Gasteiger partial charge in [0.2, 0.25) is 0 Å². The molecule has 19 heavy (non-hydrogen) atoms. The molecular formula is C13H22N2O4. The van der Waals surface area contributed by atoms with Crippen molar-refractivity contribution in [1.29, 1.82) is 0 Å². The van der Waals surface area contributed by atoms with Crippen molar-refractivity contribution < 1.29 is 19.0 Å². The number of nitrogens with one attached hydrogen (secondary N) is 1. The lowest BCUT2D eigenvalue weighted by atomic mass is 10.1. The highest BCUT2D eigenvalue weighted by Gasteiger charge is 2.35. The fourth-order valence-electron chi connectivity index (χ4n) is 2.92. The third-order valence-corrected chi connectivity index (χ3v) is 3.99. The van der Waals surface area contributed by atoms with Crippen molar-refractivity contribution in [3.63, 3.8) is 0 Å². The molecule has 3 heterocycles. The van der Waals surface area contributed by atoms with E-state index in [0.717, 1.165) is 26.0 Å². The summed E-state index contributed by atoms with van der Waals surface area (Å²) < 4.78 is 16.9. The molecule has 0 aromatic heterocycles. The van der Waals surface area contributed by atoms with Crippen LogP contribution in [0, 0.1) is 0 Å². The van der Waals surface area contributed by atoms with Crippen molar-refractivity contribution in [1.82, 2.24) is 10.2 Å².